The number of hydrogen-bond acceptors (Lipinski definition) is 1. The minimum atomic E-state index is -0.254. The Bertz CT molecular complexity index is 360. The third kappa shape index (κ3) is 2.28. The summed E-state index contributed by atoms with van der Waals surface area (Å²) in [6.45, 7) is 0. The van der Waals surface area contributed by atoms with Crippen LogP contribution < -0.4 is 0 Å². The minimum absolute atomic E-state index is 0.189. The first-order chi connectivity index (χ1) is 6.75. The molecule has 0 spiro atoms. The molecule has 14 heavy (non-hydrogen) atoms. The average Bonchev–Trinajstić information content (AvgIpc) is 3.00. The molecule has 0 bridgehead atoms. The van der Waals surface area contributed by atoms with Gasteiger partial charge >= 0.3 is 0 Å². The number of benzene rings is 1. The summed E-state index contributed by atoms with van der Waals surface area (Å²) in [5.74, 6) is 0.191. The Balaban J connectivity index is 2.02. The number of hydrogen-bond donors (Lipinski definition) is 0. The van der Waals surface area contributed by atoms with E-state index in [-0.39, 0.29) is 17.5 Å². The zero-order valence-electron chi connectivity index (χ0n) is 7.74. The largest absolute Gasteiger partial charge is 0.295 e. The number of carbonyl (C=O) groups excluding carboxylic acids is 1. The van der Waals surface area contributed by atoms with E-state index in [4.69, 9.17) is 0 Å². The van der Waals surface area contributed by atoms with E-state index < -0.39 is 0 Å². The van der Waals surface area contributed by atoms with Crippen molar-refractivity contribution in [1.29, 1.82) is 0 Å². The molecule has 0 heterocycles. The van der Waals surface area contributed by atoms with Crippen LogP contribution in [0.15, 0.2) is 30.3 Å². The van der Waals surface area contributed by atoms with Crippen molar-refractivity contribution in [3.05, 3.63) is 41.7 Å². The molecule has 0 atom stereocenters. The molecule has 0 unspecified atom stereocenters. The maximum absolute atomic E-state index is 12.5. The predicted octanol–water partition coefficient (Wildman–Crippen LogP) is 2.82. The lowest BCUT2D eigenvalue weighted by atomic mass is 10.1. The third-order valence-corrected chi connectivity index (χ3v) is 2.29. The van der Waals surface area contributed by atoms with Gasteiger partial charge in [-0.2, -0.15) is 0 Å². The van der Waals surface area contributed by atoms with Gasteiger partial charge in [-0.1, -0.05) is 18.2 Å². The van der Waals surface area contributed by atoms with Gasteiger partial charge in [-0.15, -0.1) is 0 Å². The van der Waals surface area contributed by atoms with E-state index >= 15 is 0 Å². The van der Waals surface area contributed by atoms with Gasteiger partial charge in [-0.05, 0) is 36.6 Å². The molecule has 0 amide bonds. The molecule has 2 heteroatoms. The summed E-state index contributed by atoms with van der Waals surface area (Å²) in [4.78, 5) is 11.3. The number of allylic oxidation sites excluding steroid dienone is 1. The van der Waals surface area contributed by atoms with Crippen LogP contribution in [0.4, 0.5) is 4.39 Å². The first kappa shape index (κ1) is 9.13. The van der Waals surface area contributed by atoms with Crippen molar-refractivity contribution in [3.8, 4) is 0 Å². The van der Waals surface area contributed by atoms with Gasteiger partial charge in [-0.25, -0.2) is 4.39 Å². The van der Waals surface area contributed by atoms with E-state index in [1.807, 2.05) is 0 Å². The lowest BCUT2D eigenvalue weighted by Crippen LogP contribution is -1.93. The highest BCUT2D eigenvalue weighted by Gasteiger charge is 2.27. The molecular formula is C12H11FO. The minimum Gasteiger partial charge on any atom is -0.295 e. The van der Waals surface area contributed by atoms with Crippen LogP contribution in [-0.4, -0.2) is 5.78 Å². The smallest absolute Gasteiger partial charge is 0.158 e. The summed E-state index contributed by atoms with van der Waals surface area (Å²) in [7, 11) is 0. The fourth-order valence-corrected chi connectivity index (χ4v) is 1.26. The van der Waals surface area contributed by atoms with Crippen LogP contribution in [-0.2, 0) is 4.79 Å². The fraction of sp³-hybridized carbons (Fsp3) is 0.250. The number of carbonyl (C=O) groups is 1. The Morgan fingerprint density at radius 3 is 2.50 bits per heavy atom. The van der Waals surface area contributed by atoms with Crippen LogP contribution in [0.5, 0.6) is 0 Å². The Morgan fingerprint density at radius 1 is 1.29 bits per heavy atom. The van der Waals surface area contributed by atoms with Crippen molar-refractivity contribution in [2.75, 3.05) is 0 Å². The maximum Gasteiger partial charge on any atom is 0.158 e. The van der Waals surface area contributed by atoms with Crippen LogP contribution in [0.1, 0.15) is 18.4 Å². The lowest BCUT2D eigenvalue weighted by molar-refractivity contribution is -0.115. The number of halogens is 1. The van der Waals surface area contributed by atoms with E-state index in [2.05, 4.69) is 0 Å². The van der Waals surface area contributed by atoms with Gasteiger partial charge in [-0.3, -0.25) is 4.79 Å². The standard InChI is InChI=1S/C12H11FO/c13-11-6-1-9(2-7-11)3-8-12(14)10-4-5-10/h1-3,6-8,10H,4-5H2/b8-3+. The molecule has 1 aromatic rings. The van der Waals surface area contributed by atoms with Crippen LogP contribution in [0, 0.1) is 11.7 Å². The Kier molecular flexibility index (Phi) is 2.44. The van der Waals surface area contributed by atoms with Crippen LogP contribution in [0.3, 0.4) is 0 Å². The van der Waals surface area contributed by atoms with Crippen LogP contribution >= 0.6 is 0 Å². The molecule has 1 saturated carbocycles. The van der Waals surface area contributed by atoms with E-state index in [9.17, 15) is 9.18 Å². The SMILES string of the molecule is O=C(/C=C/c1ccc(F)cc1)C1CC1. The van der Waals surface area contributed by atoms with Gasteiger partial charge in [0.2, 0.25) is 0 Å². The monoisotopic (exact) mass is 190 g/mol. The van der Waals surface area contributed by atoms with Crippen molar-refractivity contribution >= 4 is 11.9 Å². The zero-order chi connectivity index (χ0) is 9.97. The Morgan fingerprint density at radius 2 is 1.93 bits per heavy atom. The molecular weight excluding hydrogens is 179 g/mol. The van der Waals surface area contributed by atoms with Crippen LogP contribution in [0.2, 0.25) is 0 Å². The van der Waals surface area contributed by atoms with E-state index in [1.54, 1.807) is 24.3 Å². The normalized spacial score (nSPS) is 16.1. The van der Waals surface area contributed by atoms with E-state index in [0.717, 1.165) is 18.4 Å². The predicted molar refractivity (Wildman–Crippen MR) is 53.2 cm³/mol. The Hall–Kier alpha value is -1.44. The van der Waals surface area contributed by atoms with Crippen molar-refractivity contribution in [2.45, 2.75) is 12.8 Å². The van der Waals surface area contributed by atoms with E-state index in [0.29, 0.717) is 0 Å². The molecule has 1 aliphatic rings. The molecule has 2 rings (SSSR count). The Labute approximate surface area is 82.3 Å². The van der Waals surface area contributed by atoms with Crippen molar-refractivity contribution < 1.29 is 9.18 Å². The second-order valence-electron chi connectivity index (χ2n) is 3.56. The van der Waals surface area contributed by atoms with Gasteiger partial charge in [0.1, 0.15) is 5.82 Å². The molecule has 0 radical (unpaired) electrons. The first-order valence-electron chi connectivity index (χ1n) is 4.73. The second kappa shape index (κ2) is 3.74. The molecule has 1 fully saturated rings. The molecule has 0 N–H and O–H groups in total. The highest BCUT2D eigenvalue weighted by Crippen LogP contribution is 2.30. The van der Waals surface area contributed by atoms with Gasteiger partial charge in [0.05, 0.1) is 0 Å². The second-order valence-corrected chi connectivity index (χ2v) is 3.56. The molecule has 0 saturated heterocycles. The van der Waals surface area contributed by atoms with Gasteiger partial charge in [0, 0.05) is 5.92 Å². The highest BCUT2D eigenvalue weighted by atomic mass is 19.1. The fourth-order valence-electron chi connectivity index (χ4n) is 1.26. The molecule has 0 aliphatic heterocycles. The summed E-state index contributed by atoms with van der Waals surface area (Å²) in [5.41, 5.74) is 0.861. The van der Waals surface area contributed by atoms with Crippen molar-refractivity contribution in [3.63, 3.8) is 0 Å². The highest BCUT2D eigenvalue weighted by molar-refractivity contribution is 5.96. The topological polar surface area (TPSA) is 17.1 Å². The zero-order valence-corrected chi connectivity index (χ0v) is 7.74. The molecule has 1 aliphatic carbocycles. The first-order valence-corrected chi connectivity index (χ1v) is 4.73. The van der Waals surface area contributed by atoms with Crippen molar-refractivity contribution in [2.24, 2.45) is 5.92 Å². The van der Waals surface area contributed by atoms with Gasteiger partial charge in [0.15, 0.2) is 5.78 Å². The summed E-state index contributed by atoms with van der Waals surface area (Å²) >= 11 is 0. The molecule has 0 aromatic heterocycles. The summed E-state index contributed by atoms with van der Waals surface area (Å²) < 4.78 is 12.5. The summed E-state index contributed by atoms with van der Waals surface area (Å²) in [6.07, 6.45) is 5.37. The van der Waals surface area contributed by atoms with E-state index in [1.165, 1.54) is 12.1 Å². The quantitative estimate of drug-likeness (QED) is 0.670. The summed E-state index contributed by atoms with van der Waals surface area (Å²) in [5, 5.41) is 0. The molecule has 72 valence electrons. The summed E-state index contributed by atoms with van der Waals surface area (Å²) in [6, 6.07) is 6.10. The molecule has 1 nitrogen and oxygen atoms in total. The molecule has 1 aromatic carbocycles. The third-order valence-electron chi connectivity index (χ3n) is 2.29. The number of ketones is 1. The van der Waals surface area contributed by atoms with Crippen LogP contribution in [0.25, 0.3) is 6.08 Å². The average molecular weight is 190 g/mol. The van der Waals surface area contributed by atoms with Gasteiger partial charge in [0.25, 0.3) is 0 Å². The lowest BCUT2D eigenvalue weighted by Gasteiger charge is -1.92. The van der Waals surface area contributed by atoms with Gasteiger partial charge < -0.3 is 0 Å². The number of rotatable bonds is 3. The maximum atomic E-state index is 12.5. The van der Waals surface area contributed by atoms with Crippen molar-refractivity contribution in [1.82, 2.24) is 0 Å².